The molecule has 7 heteroatoms. The summed E-state index contributed by atoms with van der Waals surface area (Å²) in [7, 11) is 1.77. The molecule has 0 radical (unpaired) electrons. The lowest BCUT2D eigenvalue weighted by atomic mass is 9.87. The van der Waals surface area contributed by atoms with Gasteiger partial charge in [0, 0.05) is 48.8 Å². The number of aromatic nitrogens is 5. The lowest BCUT2D eigenvalue weighted by molar-refractivity contribution is 0.0473. The standard InChI is InChI=1S/C21H23N5O2/c1-28-17-4-2-3-13(7-17)12-26-18-9-16(11-24-20(18)25-21(26)27)15-8-14-5-6-22-19(14)23-10-15/h5-6,8-11,13,17H,2-4,7,12H2,1H3,(H,22,23)(H,24,25,27)/t13-,17-/m1/s1. The van der Waals surface area contributed by atoms with Crippen molar-refractivity contribution in [3.63, 3.8) is 0 Å². The summed E-state index contributed by atoms with van der Waals surface area (Å²) in [6, 6.07) is 6.12. The highest BCUT2D eigenvalue weighted by molar-refractivity contribution is 5.84. The van der Waals surface area contributed by atoms with E-state index in [1.165, 1.54) is 0 Å². The van der Waals surface area contributed by atoms with Gasteiger partial charge in [0.1, 0.15) is 5.65 Å². The highest BCUT2D eigenvalue weighted by atomic mass is 16.5. The molecule has 1 fully saturated rings. The zero-order valence-corrected chi connectivity index (χ0v) is 15.8. The Bertz CT molecular complexity index is 1190. The number of methoxy groups -OCH3 is 1. The third-order valence-corrected chi connectivity index (χ3v) is 5.87. The van der Waals surface area contributed by atoms with Crippen molar-refractivity contribution in [2.45, 2.75) is 38.3 Å². The van der Waals surface area contributed by atoms with E-state index >= 15 is 0 Å². The van der Waals surface area contributed by atoms with Crippen molar-refractivity contribution in [2.24, 2.45) is 5.92 Å². The van der Waals surface area contributed by atoms with Gasteiger partial charge in [0.05, 0.1) is 11.6 Å². The molecule has 5 rings (SSSR count). The lowest BCUT2D eigenvalue weighted by Gasteiger charge is -2.28. The number of ether oxygens (including phenoxy) is 1. The third kappa shape index (κ3) is 3.01. The van der Waals surface area contributed by atoms with Crippen LogP contribution in [0.25, 0.3) is 33.3 Å². The number of nitrogens with zero attached hydrogens (tertiary/aromatic N) is 3. The summed E-state index contributed by atoms with van der Waals surface area (Å²) in [5, 5.41) is 1.05. The second kappa shape index (κ2) is 6.91. The third-order valence-electron chi connectivity index (χ3n) is 5.87. The molecule has 28 heavy (non-hydrogen) atoms. The molecule has 7 nitrogen and oxygen atoms in total. The fraction of sp³-hybridized carbons (Fsp3) is 0.381. The van der Waals surface area contributed by atoms with Gasteiger partial charge in [-0.3, -0.25) is 9.55 Å². The van der Waals surface area contributed by atoms with Crippen molar-refractivity contribution >= 4 is 22.2 Å². The molecule has 1 saturated carbocycles. The Balaban J connectivity index is 1.52. The second-order valence-corrected chi connectivity index (χ2v) is 7.66. The van der Waals surface area contributed by atoms with Crippen LogP contribution in [-0.2, 0) is 11.3 Å². The van der Waals surface area contributed by atoms with Crippen molar-refractivity contribution in [3.05, 3.63) is 47.3 Å². The number of fused-ring (bicyclic) bond motifs is 2. The van der Waals surface area contributed by atoms with Gasteiger partial charge < -0.3 is 9.72 Å². The van der Waals surface area contributed by atoms with E-state index in [-0.39, 0.29) is 5.69 Å². The Morgan fingerprint density at radius 3 is 2.86 bits per heavy atom. The van der Waals surface area contributed by atoms with Crippen LogP contribution in [0.3, 0.4) is 0 Å². The largest absolute Gasteiger partial charge is 0.381 e. The molecule has 2 atom stereocenters. The van der Waals surface area contributed by atoms with Crippen LogP contribution in [0.5, 0.6) is 0 Å². The Hall–Kier alpha value is -2.93. The first kappa shape index (κ1) is 17.2. The van der Waals surface area contributed by atoms with Crippen LogP contribution in [0.15, 0.2) is 41.6 Å². The molecule has 0 unspecified atom stereocenters. The fourth-order valence-electron chi connectivity index (χ4n) is 4.35. The first-order valence-corrected chi connectivity index (χ1v) is 9.76. The van der Waals surface area contributed by atoms with Crippen LogP contribution in [0.1, 0.15) is 25.7 Å². The summed E-state index contributed by atoms with van der Waals surface area (Å²) in [5.74, 6) is 0.442. The van der Waals surface area contributed by atoms with Gasteiger partial charge >= 0.3 is 5.69 Å². The van der Waals surface area contributed by atoms with E-state index < -0.39 is 0 Å². The normalized spacial score (nSPS) is 20.2. The van der Waals surface area contributed by atoms with Crippen LogP contribution in [0, 0.1) is 5.92 Å². The second-order valence-electron chi connectivity index (χ2n) is 7.66. The molecule has 0 amide bonds. The molecule has 1 aliphatic rings. The minimum absolute atomic E-state index is 0.0987. The molecule has 4 heterocycles. The monoisotopic (exact) mass is 377 g/mol. The van der Waals surface area contributed by atoms with E-state index in [4.69, 9.17) is 4.74 Å². The van der Waals surface area contributed by atoms with Crippen LogP contribution < -0.4 is 5.69 Å². The first-order valence-electron chi connectivity index (χ1n) is 9.76. The summed E-state index contributed by atoms with van der Waals surface area (Å²) >= 11 is 0. The zero-order valence-electron chi connectivity index (χ0n) is 15.8. The van der Waals surface area contributed by atoms with E-state index in [1.54, 1.807) is 13.3 Å². The van der Waals surface area contributed by atoms with Crippen molar-refractivity contribution in [2.75, 3.05) is 7.11 Å². The SMILES string of the molecule is CO[C@@H]1CCC[C@@H](Cn2c(=O)[nH]c3ncc(-c4cnc5[nH]ccc5c4)cc32)C1. The summed E-state index contributed by atoms with van der Waals surface area (Å²) < 4.78 is 7.38. The van der Waals surface area contributed by atoms with Gasteiger partial charge in [-0.15, -0.1) is 0 Å². The van der Waals surface area contributed by atoms with Crippen molar-refractivity contribution in [3.8, 4) is 11.1 Å². The number of hydrogen-bond donors (Lipinski definition) is 2. The molecule has 1 aliphatic carbocycles. The molecule has 0 aromatic carbocycles. The molecule has 0 aliphatic heterocycles. The van der Waals surface area contributed by atoms with Crippen LogP contribution >= 0.6 is 0 Å². The Labute approximate surface area is 161 Å². The predicted octanol–water partition coefficient (Wildman–Crippen LogP) is 3.47. The highest BCUT2D eigenvalue weighted by Crippen LogP contribution is 2.29. The van der Waals surface area contributed by atoms with Crippen molar-refractivity contribution in [1.29, 1.82) is 0 Å². The van der Waals surface area contributed by atoms with Gasteiger partial charge in [-0.05, 0) is 43.4 Å². The number of aromatic amines is 2. The van der Waals surface area contributed by atoms with E-state index in [9.17, 15) is 4.79 Å². The smallest absolute Gasteiger partial charge is 0.327 e. The number of rotatable bonds is 4. The number of pyridine rings is 2. The molecule has 2 N–H and O–H groups in total. The minimum Gasteiger partial charge on any atom is -0.381 e. The Morgan fingerprint density at radius 1 is 1.18 bits per heavy atom. The predicted molar refractivity (Wildman–Crippen MR) is 108 cm³/mol. The average molecular weight is 377 g/mol. The first-order chi connectivity index (χ1) is 13.7. The molecular formula is C21H23N5O2. The van der Waals surface area contributed by atoms with Gasteiger partial charge in [-0.2, -0.15) is 0 Å². The number of H-pyrrole nitrogens is 2. The highest BCUT2D eigenvalue weighted by Gasteiger charge is 2.23. The Morgan fingerprint density at radius 2 is 2.00 bits per heavy atom. The summed E-state index contributed by atoms with van der Waals surface area (Å²) in [6.07, 6.45) is 10.2. The fourth-order valence-corrected chi connectivity index (χ4v) is 4.35. The van der Waals surface area contributed by atoms with Crippen LogP contribution in [0.2, 0.25) is 0 Å². The molecular weight excluding hydrogens is 354 g/mol. The summed E-state index contributed by atoms with van der Waals surface area (Å²) in [6.45, 7) is 0.693. The maximum Gasteiger partial charge on any atom is 0.327 e. The lowest BCUT2D eigenvalue weighted by Crippen LogP contribution is -2.28. The van der Waals surface area contributed by atoms with Gasteiger partial charge in [-0.1, -0.05) is 6.42 Å². The summed E-state index contributed by atoms with van der Waals surface area (Å²) in [4.78, 5) is 27.5. The number of hydrogen-bond acceptors (Lipinski definition) is 4. The number of imidazole rings is 1. The average Bonchev–Trinajstić information content (AvgIpc) is 3.31. The van der Waals surface area contributed by atoms with Gasteiger partial charge in [0.2, 0.25) is 0 Å². The van der Waals surface area contributed by atoms with Crippen molar-refractivity contribution in [1.82, 2.24) is 24.5 Å². The Kier molecular flexibility index (Phi) is 4.24. The van der Waals surface area contributed by atoms with E-state index in [0.717, 1.165) is 53.4 Å². The summed E-state index contributed by atoms with van der Waals surface area (Å²) in [5.41, 5.74) is 4.17. The zero-order chi connectivity index (χ0) is 19.1. The number of nitrogens with one attached hydrogen (secondary N) is 2. The molecule has 144 valence electrons. The molecule has 0 spiro atoms. The molecule has 0 bridgehead atoms. The molecule has 4 aromatic heterocycles. The topological polar surface area (TPSA) is 88.6 Å². The van der Waals surface area contributed by atoms with Crippen molar-refractivity contribution < 1.29 is 4.74 Å². The van der Waals surface area contributed by atoms with E-state index in [0.29, 0.717) is 24.2 Å². The maximum atomic E-state index is 12.6. The van der Waals surface area contributed by atoms with E-state index in [2.05, 4.69) is 26.0 Å². The van der Waals surface area contributed by atoms with Crippen LogP contribution in [-0.4, -0.2) is 37.7 Å². The van der Waals surface area contributed by atoms with E-state index in [1.807, 2.05) is 29.1 Å². The minimum atomic E-state index is -0.0987. The molecule has 4 aromatic rings. The van der Waals surface area contributed by atoms with Crippen LogP contribution in [0.4, 0.5) is 0 Å². The molecule has 0 saturated heterocycles. The van der Waals surface area contributed by atoms with Gasteiger partial charge in [-0.25, -0.2) is 14.8 Å². The van der Waals surface area contributed by atoms with Gasteiger partial charge in [0.25, 0.3) is 0 Å². The quantitative estimate of drug-likeness (QED) is 0.570. The maximum absolute atomic E-state index is 12.6. The van der Waals surface area contributed by atoms with Gasteiger partial charge in [0.15, 0.2) is 5.65 Å².